The van der Waals surface area contributed by atoms with Gasteiger partial charge in [0.2, 0.25) is 5.91 Å². The Hall–Kier alpha value is -2.92. The number of carbonyl (C=O) groups is 1. The summed E-state index contributed by atoms with van der Waals surface area (Å²) in [4.78, 5) is 12.4. The molecule has 0 saturated heterocycles. The van der Waals surface area contributed by atoms with Crippen molar-refractivity contribution in [2.75, 3.05) is 6.54 Å². The molecule has 1 atom stereocenters. The fraction of sp³-hybridized carbons (Fsp3) is 0.385. The van der Waals surface area contributed by atoms with Crippen LogP contribution >= 0.6 is 0 Å². The van der Waals surface area contributed by atoms with Crippen LogP contribution in [-0.2, 0) is 11.2 Å². The molecule has 31 heavy (non-hydrogen) atoms. The van der Waals surface area contributed by atoms with Gasteiger partial charge in [0.05, 0.1) is 11.7 Å². The average molecular weight is 418 g/mol. The summed E-state index contributed by atoms with van der Waals surface area (Å²) in [7, 11) is 0. The molecule has 4 rings (SSSR count). The highest BCUT2D eigenvalue weighted by Crippen LogP contribution is 2.39. The molecule has 1 aliphatic carbocycles. The lowest BCUT2D eigenvalue weighted by atomic mass is 9.75. The van der Waals surface area contributed by atoms with Gasteiger partial charge in [0.25, 0.3) is 0 Å². The van der Waals surface area contributed by atoms with E-state index in [1.165, 1.54) is 11.1 Å². The van der Waals surface area contributed by atoms with Crippen LogP contribution < -0.4 is 10.6 Å². The Morgan fingerprint density at radius 2 is 1.90 bits per heavy atom. The number of benzene rings is 2. The molecule has 1 saturated carbocycles. The van der Waals surface area contributed by atoms with Crippen molar-refractivity contribution >= 4 is 5.91 Å². The van der Waals surface area contributed by atoms with Gasteiger partial charge in [-0.25, -0.2) is 0 Å². The Balaban J connectivity index is 1.25. The first kappa shape index (κ1) is 21.3. The summed E-state index contributed by atoms with van der Waals surface area (Å²) in [5.41, 5.74) is 5.77. The van der Waals surface area contributed by atoms with E-state index < -0.39 is 0 Å². The van der Waals surface area contributed by atoms with Crippen LogP contribution in [0.15, 0.2) is 59.1 Å². The molecule has 2 aromatic carbocycles. The second-order valence-corrected chi connectivity index (χ2v) is 8.60. The molecular formula is C26H31N3O2. The van der Waals surface area contributed by atoms with Crippen LogP contribution in [0, 0.1) is 13.8 Å². The molecule has 1 aliphatic rings. The van der Waals surface area contributed by atoms with Crippen LogP contribution in [0.2, 0.25) is 0 Å². The summed E-state index contributed by atoms with van der Waals surface area (Å²) < 4.78 is 5.33. The summed E-state index contributed by atoms with van der Waals surface area (Å²) in [5, 5.41) is 10.6. The fourth-order valence-corrected chi connectivity index (χ4v) is 4.43. The van der Waals surface area contributed by atoms with Crippen LogP contribution in [0.3, 0.4) is 0 Å². The lowest BCUT2D eigenvalue weighted by Gasteiger charge is -2.38. The Morgan fingerprint density at radius 3 is 2.61 bits per heavy atom. The van der Waals surface area contributed by atoms with Crippen LogP contribution in [0.4, 0.5) is 0 Å². The molecule has 2 N–H and O–H groups in total. The first-order chi connectivity index (χ1) is 15.0. The number of aromatic nitrogens is 1. The van der Waals surface area contributed by atoms with E-state index in [-0.39, 0.29) is 11.9 Å². The summed E-state index contributed by atoms with van der Waals surface area (Å²) in [6.45, 7) is 6.55. The van der Waals surface area contributed by atoms with E-state index in [1.807, 2.05) is 39.0 Å². The smallest absolute Gasteiger partial charge is 0.236 e. The Bertz CT molecular complexity index is 1000. The van der Waals surface area contributed by atoms with Gasteiger partial charge in [-0.2, -0.15) is 0 Å². The Labute approximate surface area is 184 Å². The normalized spacial score (nSPS) is 18.9. The van der Waals surface area contributed by atoms with Crippen molar-refractivity contribution in [3.05, 3.63) is 77.2 Å². The number of carbonyl (C=O) groups excluding carboxylic acids is 1. The number of hydrogen-bond acceptors (Lipinski definition) is 4. The molecule has 0 aliphatic heterocycles. The van der Waals surface area contributed by atoms with Gasteiger partial charge in [-0.3, -0.25) is 4.79 Å². The zero-order valence-electron chi connectivity index (χ0n) is 18.5. The minimum Gasteiger partial charge on any atom is -0.361 e. The lowest BCUT2D eigenvalue weighted by molar-refractivity contribution is -0.123. The highest BCUT2D eigenvalue weighted by molar-refractivity contribution is 5.81. The standard InChI is InChI=1S/C26H31N3O2/c1-17-25(19(3)31-29-17)22-11-7-10-21(14-22)23-15-24(16-23)28-18(2)26(30)27-13-12-20-8-5-4-6-9-20/h4-11,14,18,23-24,28H,12-13,15-16H2,1-3H3,(H,27,30)/t18-,23?,24?/m0/s1. The van der Waals surface area contributed by atoms with E-state index in [1.54, 1.807) is 0 Å². The van der Waals surface area contributed by atoms with Crippen molar-refractivity contribution in [1.29, 1.82) is 0 Å². The van der Waals surface area contributed by atoms with E-state index >= 15 is 0 Å². The van der Waals surface area contributed by atoms with Gasteiger partial charge in [-0.1, -0.05) is 59.8 Å². The molecule has 0 bridgehead atoms. The van der Waals surface area contributed by atoms with Crippen LogP contribution in [0.5, 0.6) is 0 Å². The molecule has 0 radical (unpaired) electrons. The maximum atomic E-state index is 12.4. The minimum absolute atomic E-state index is 0.0692. The monoisotopic (exact) mass is 417 g/mol. The number of rotatable bonds is 8. The second-order valence-electron chi connectivity index (χ2n) is 8.60. The molecule has 162 valence electrons. The van der Waals surface area contributed by atoms with E-state index in [2.05, 4.69) is 52.2 Å². The lowest BCUT2D eigenvalue weighted by Crippen LogP contribution is -2.50. The van der Waals surface area contributed by atoms with Crippen LogP contribution in [-0.4, -0.2) is 29.7 Å². The third-order valence-corrected chi connectivity index (χ3v) is 6.25. The van der Waals surface area contributed by atoms with E-state index in [0.717, 1.165) is 41.8 Å². The summed E-state index contributed by atoms with van der Waals surface area (Å²) in [5.74, 6) is 1.45. The van der Waals surface area contributed by atoms with Crippen LogP contribution in [0.25, 0.3) is 11.1 Å². The topological polar surface area (TPSA) is 67.2 Å². The first-order valence-corrected chi connectivity index (χ1v) is 11.1. The predicted octanol–water partition coefficient (Wildman–Crippen LogP) is 4.54. The summed E-state index contributed by atoms with van der Waals surface area (Å²) in [6, 6.07) is 19.1. The third kappa shape index (κ3) is 5.05. The van der Waals surface area contributed by atoms with E-state index in [9.17, 15) is 4.79 Å². The minimum atomic E-state index is -0.185. The molecule has 1 amide bonds. The van der Waals surface area contributed by atoms with E-state index in [0.29, 0.717) is 18.5 Å². The molecule has 5 nitrogen and oxygen atoms in total. The van der Waals surface area contributed by atoms with Crippen molar-refractivity contribution in [1.82, 2.24) is 15.8 Å². The quantitative estimate of drug-likeness (QED) is 0.565. The number of nitrogens with zero attached hydrogens (tertiary/aromatic N) is 1. The number of hydrogen-bond donors (Lipinski definition) is 2. The number of amides is 1. The second kappa shape index (κ2) is 9.48. The number of aryl methyl sites for hydroxylation is 2. The highest BCUT2D eigenvalue weighted by Gasteiger charge is 2.32. The Kier molecular flexibility index (Phi) is 6.52. The van der Waals surface area contributed by atoms with Crippen LogP contribution in [0.1, 0.15) is 48.3 Å². The van der Waals surface area contributed by atoms with Gasteiger partial charge in [-0.15, -0.1) is 0 Å². The fourth-order valence-electron chi connectivity index (χ4n) is 4.43. The maximum Gasteiger partial charge on any atom is 0.236 e. The molecule has 0 unspecified atom stereocenters. The van der Waals surface area contributed by atoms with Gasteiger partial charge in [0.15, 0.2) is 0 Å². The van der Waals surface area contributed by atoms with Gasteiger partial charge in [0.1, 0.15) is 5.76 Å². The van der Waals surface area contributed by atoms with Crippen molar-refractivity contribution < 1.29 is 9.32 Å². The first-order valence-electron chi connectivity index (χ1n) is 11.1. The van der Waals surface area contributed by atoms with Crippen molar-refractivity contribution in [3.8, 4) is 11.1 Å². The van der Waals surface area contributed by atoms with Gasteiger partial charge < -0.3 is 15.2 Å². The largest absolute Gasteiger partial charge is 0.361 e. The molecule has 3 aromatic rings. The maximum absolute atomic E-state index is 12.4. The molecule has 1 heterocycles. The zero-order chi connectivity index (χ0) is 21.8. The zero-order valence-corrected chi connectivity index (χ0v) is 18.5. The molecule has 1 fully saturated rings. The number of nitrogens with one attached hydrogen (secondary N) is 2. The highest BCUT2D eigenvalue weighted by atomic mass is 16.5. The molecule has 1 aromatic heterocycles. The van der Waals surface area contributed by atoms with Crippen molar-refractivity contribution in [2.45, 2.75) is 58.0 Å². The van der Waals surface area contributed by atoms with Gasteiger partial charge >= 0.3 is 0 Å². The SMILES string of the molecule is Cc1noc(C)c1-c1cccc(C2CC(N[C@@H](C)C(=O)NCCc3ccccc3)C2)c1. The summed E-state index contributed by atoms with van der Waals surface area (Å²) >= 11 is 0. The Morgan fingerprint density at radius 1 is 1.13 bits per heavy atom. The third-order valence-electron chi connectivity index (χ3n) is 6.25. The predicted molar refractivity (Wildman–Crippen MR) is 123 cm³/mol. The summed E-state index contributed by atoms with van der Waals surface area (Å²) in [6.07, 6.45) is 2.95. The van der Waals surface area contributed by atoms with E-state index in [4.69, 9.17) is 4.52 Å². The van der Waals surface area contributed by atoms with Crippen molar-refractivity contribution in [2.24, 2.45) is 0 Å². The van der Waals surface area contributed by atoms with Gasteiger partial charge in [0, 0.05) is 18.2 Å². The average Bonchev–Trinajstić information content (AvgIpc) is 3.09. The molecular weight excluding hydrogens is 386 g/mol. The molecule has 0 spiro atoms. The molecule has 5 heteroatoms. The van der Waals surface area contributed by atoms with Crippen molar-refractivity contribution in [3.63, 3.8) is 0 Å². The van der Waals surface area contributed by atoms with Gasteiger partial charge in [-0.05, 0) is 62.6 Å².